The van der Waals surface area contributed by atoms with Crippen molar-refractivity contribution in [2.75, 3.05) is 0 Å². The van der Waals surface area contributed by atoms with Crippen molar-refractivity contribution in [2.24, 2.45) is 15.4 Å². The minimum Gasteiger partial charge on any atom is -0.185 e. The van der Waals surface area contributed by atoms with Crippen molar-refractivity contribution in [3.8, 4) is 0 Å². The Morgan fingerprint density at radius 2 is 1.75 bits per heavy atom. The highest BCUT2D eigenvalue weighted by Crippen LogP contribution is 1.98. The number of nitrogens with zero attached hydrogens (tertiary/aromatic N) is 5. The molecule has 0 unspecified atom stereocenters. The first kappa shape index (κ1) is 7.94. The van der Waals surface area contributed by atoms with E-state index in [9.17, 15) is 0 Å². The molecule has 0 atom stereocenters. The topological polar surface area (TPSA) is 89.1 Å². The standard InChI is InChI=1S/C6H5N6/c7-11-9-5-1-2-6(4-3-5)10-12-8/h1-4,7H/q+1. The Hall–Kier alpha value is -2.16. The summed E-state index contributed by atoms with van der Waals surface area (Å²) < 4.78 is 0. The highest BCUT2D eigenvalue weighted by Gasteiger charge is 2.01. The SMILES string of the molecule is N#[N+]N=C1C=CC(=NN=N)C=C1. The van der Waals surface area contributed by atoms with Gasteiger partial charge in [0.05, 0.1) is 5.71 Å². The van der Waals surface area contributed by atoms with Crippen LogP contribution in [0.25, 0.3) is 5.08 Å². The van der Waals surface area contributed by atoms with Gasteiger partial charge in [-0.3, -0.25) is 0 Å². The first-order valence-electron chi connectivity index (χ1n) is 3.09. The fourth-order valence-electron chi connectivity index (χ4n) is 0.695. The molecule has 12 heavy (non-hydrogen) atoms. The molecule has 0 aromatic rings. The molecule has 0 saturated carbocycles. The van der Waals surface area contributed by atoms with Crippen LogP contribution in [0.5, 0.6) is 0 Å². The predicted molar refractivity (Wildman–Crippen MR) is 43.4 cm³/mol. The Labute approximate surface area is 68.1 Å². The fourth-order valence-corrected chi connectivity index (χ4v) is 0.695. The van der Waals surface area contributed by atoms with E-state index in [4.69, 9.17) is 10.9 Å². The monoisotopic (exact) mass is 161 g/mol. The molecular weight excluding hydrogens is 156 g/mol. The normalized spacial score (nSPS) is 13.9. The van der Waals surface area contributed by atoms with Crippen molar-refractivity contribution >= 4 is 11.4 Å². The summed E-state index contributed by atoms with van der Waals surface area (Å²) in [4.78, 5) is 0. The van der Waals surface area contributed by atoms with E-state index >= 15 is 0 Å². The molecule has 0 saturated heterocycles. The van der Waals surface area contributed by atoms with Gasteiger partial charge in [-0.05, 0) is 24.3 Å². The molecule has 58 valence electrons. The maximum Gasteiger partial charge on any atom is 0.339 e. The quantitative estimate of drug-likeness (QED) is 0.269. The molecule has 1 rings (SSSR count). The van der Waals surface area contributed by atoms with Gasteiger partial charge in [-0.1, -0.05) is 5.22 Å². The number of diazo groups is 1. The van der Waals surface area contributed by atoms with Crippen LogP contribution in [0, 0.1) is 10.9 Å². The van der Waals surface area contributed by atoms with Crippen LogP contribution in [0.1, 0.15) is 0 Å². The van der Waals surface area contributed by atoms with Gasteiger partial charge in [-0.15, -0.1) is 5.10 Å². The second kappa shape index (κ2) is 3.88. The van der Waals surface area contributed by atoms with Crippen LogP contribution in [-0.4, -0.2) is 11.4 Å². The molecule has 0 fully saturated rings. The summed E-state index contributed by atoms with van der Waals surface area (Å²) in [5.41, 5.74) is 7.52. The second-order valence-electron chi connectivity index (χ2n) is 1.91. The molecule has 6 nitrogen and oxygen atoms in total. The third-order valence-electron chi connectivity index (χ3n) is 1.18. The van der Waals surface area contributed by atoms with Crippen molar-refractivity contribution in [1.29, 1.82) is 10.9 Å². The molecular formula is C6H5N6+. The summed E-state index contributed by atoms with van der Waals surface area (Å²) in [7, 11) is 0. The maximum atomic E-state index is 8.08. The zero-order valence-electron chi connectivity index (χ0n) is 6.05. The molecule has 0 aromatic heterocycles. The van der Waals surface area contributed by atoms with Gasteiger partial charge in [0.15, 0.2) is 10.8 Å². The lowest BCUT2D eigenvalue weighted by Gasteiger charge is -1.93. The van der Waals surface area contributed by atoms with Crippen molar-refractivity contribution in [3.63, 3.8) is 0 Å². The van der Waals surface area contributed by atoms with E-state index in [0.29, 0.717) is 11.4 Å². The number of rotatable bonds is 1. The van der Waals surface area contributed by atoms with E-state index in [2.05, 4.69) is 20.5 Å². The zero-order valence-corrected chi connectivity index (χ0v) is 6.05. The zero-order chi connectivity index (χ0) is 8.81. The average Bonchev–Trinajstić information content (AvgIpc) is 2.09. The van der Waals surface area contributed by atoms with Crippen LogP contribution in [0.3, 0.4) is 0 Å². The van der Waals surface area contributed by atoms with Crippen molar-refractivity contribution in [1.82, 2.24) is 0 Å². The number of nitrogens with one attached hydrogen (secondary N) is 1. The molecule has 0 bridgehead atoms. The van der Waals surface area contributed by atoms with Gasteiger partial charge in [0.1, 0.15) is 0 Å². The highest BCUT2D eigenvalue weighted by atomic mass is 15.3. The van der Waals surface area contributed by atoms with E-state index < -0.39 is 0 Å². The van der Waals surface area contributed by atoms with Gasteiger partial charge < -0.3 is 0 Å². The lowest BCUT2D eigenvalue weighted by atomic mass is 10.1. The van der Waals surface area contributed by atoms with E-state index in [-0.39, 0.29) is 0 Å². The number of allylic oxidation sites excluding steroid dienone is 4. The number of hydrogen-bond donors (Lipinski definition) is 1. The minimum absolute atomic E-state index is 0.515. The van der Waals surface area contributed by atoms with Gasteiger partial charge in [-0.2, -0.15) is 5.53 Å². The third kappa shape index (κ3) is 1.91. The Bertz CT molecular complexity index is 322. The summed E-state index contributed by atoms with van der Waals surface area (Å²) in [6.07, 6.45) is 6.43. The molecule has 0 aliphatic heterocycles. The maximum absolute atomic E-state index is 8.08. The van der Waals surface area contributed by atoms with E-state index in [0.717, 1.165) is 0 Å². The molecule has 6 heteroatoms. The molecule has 1 aliphatic carbocycles. The summed E-state index contributed by atoms with van der Waals surface area (Å²) in [5, 5.41) is 20.4. The molecule has 0 radical (unpaired) electrons. The van der Waals surface area contributed by atoms with Gasteiger partial charge in [0.25, 0.3) is 5.39 Å². The Morgan fingerprint density at radius 1 is 1.17 bits per heavy atom. The van der Waals surface area contributed by atoms with Gasteiger partial charge in [0.2, 0.25) is 0 Å². The summed E-state index contributed by atoms with van der Waals surface area (Å²) in [6.45, 7) is 0. The second-order valence-corrected chi connectivity index (χ2v) is 1.91. The molecule has 0 aromatic carbocycles. The predicted octanol–water partition coefficient (Wildman–Crippen LogP) is 1.71. The van der Waals surface area contributed by atoms with E-state index in [1.165, 1.54) is 0 Å². The van der Waals surface area contributed by atoms with Gasteiger partial charge in [0, 0.05) is 0 Å². The van der Waals surface area contributed by atoms with Crippen LogP contribution < -0.4 is 0 Å². The molecule has 0 heterocycles. The first-order chi connectivity index (χ1) is 5.86. The first-order valence-corrected chi connectivity index (χ1v) is 3.09. The fraction of sp³-hybridized carbons (Fsp3) is 0. The largest absolute Gasteiger partial charge is 0.339 e. The smallest absolute Gasteiger partial charge is 0.185 e. The lowest BCUT2D eigenvalue weighted by Crippen LogP contribution is -1.98. The van der Waals surface area contributed by atoms with Crippen molar-refractivity contribution in [3.05, 3.63) is 29.4 Å². The molecule has 0 amide bonds. The number of hydrogen-bond acceptors (Lipinski definition) is 4. The van der Waals surface area contributed by atoms with Crippen LogP contribution in [0.2, 0.25) is 0 Å². The summed E-state index contributed by atoms with van der Waals surface area (Å²) >= 11 is 0. The molecule has 1 N–H and O–H groups in total. The van der Waals surface area contributed by atoms with Crippen molar-refractivity contribution < 1.29 is 0 Å². The van der Waals surface area contributed by atoms with Crippen LogP contribution >= 0.6 is 0 Å². The van der Waals surface area contributed by atoms with Crippen molar-refractivity contribution in [2.45, 2.75) is 0 Å². The Balaban J connectivity index is 2.81. The summed E-state index contributed by atoms with van der Waals surface area (Å²) in [6, 6.07) is 0. The highest BCUT2D eigenvalue weighted by molar-refractivity contribution is 6.18. The Kier molecular flexibility index (Phi) is 2.57. The average molecular weight is 161 g/mol. The van der Waals surface area contributed by atoms with E-state index in [1.807, 2.05) is 0 Å². The minimum atomic E-state index is 0.515. The third-order valence-corrected chi connectivity index (χ3v) is 1.18. The van der Waals surface area contributed by atoms with E-state index in [1.54, 1.807) is 24.3 Å². The van der Waals surface area contributed by atoms with Crippen LogP contribution in [-0.2, 0) is 0 Å². The molecule has 0 spiro atoms. The lowest BCUT2D eigenvalue weighted by molar-refractivity contribution is 0.992. The molecule has 1 aliphatic rings. The summed E-state index contributed by atoms with van der Waals surface area (Å²) in [5.74, 6) is 0. The van der Waals surface area contributed by atoms with Gasteiger partial charge in [-0.25, -0.2) is 0 Å². The Morgan fingerprint density at radius 3 is 2.25 bits per heavy atom. The van der Waals surface area contributed by atoms with Crippen LogP contribution in [0.15, 0.2) is 39.7 Å². The van der Waals surface area contributed by atoms with Gasteiger partial charge >= 0.3 is 5.08 Å². The van der Waals surface area contributed by atoms with Crippen LogP contribution in [0.4, 0.5) is 0 Å².